The average molecular weight is 306 g/mol. The van der Waals surface area contributed by atoms with Crippen LogP contribution in [-0.4, -0.2) is 32.8 Å². The first-order chi connectivity index (χ1) is 10.4. The van der Waals surface area contributed by atoms with E-state index in [9.17, 15) is 4.79 Å². The van der Waals surface area contributed by atoms with Gasteiger partial charge in [-0.25, -0.2) is 4.79 Å². The van der Waals surface area contributed by atoms with Crippen LogP contribution < -0.4 is 5.32 Å². The van der Waals surface area contributed by atoms with Crippen molar-refractivity contribution in [2.24, 2.45) is 5.92 Å². The Morgan fingerprint density at radius 2 is 2.00 bits per heavy atom. The molecule has 0 saturated heterocycles. The molecule has 1 aromatic heterocycles. The largest absolute Gasteiger partial charge is 0.334 e. The first-order valence-electron chi connectivity index (χ1n) is 8.45. The molecule has 5 nitrogen and oxygen atoms in total. The van der Waals surface area contributed by atoms with Gasteiger partial charge in [0.25, 0.3) is 0 Å². The summed E-state index contributed by atoms with van der Waals surface area (Å²) < 4.78 is 1.99. The quantitative estimate of drug-likeness (QED) is 0.877. The molecule has 0 bridgehead atoms. The van der Waals surface area contributed by atoms with Crippen molar-refractivity contribution in [2.75, 3.05) is 0 Å². The zero-order valence-corrected chi connectivity index (χ0v) is 14.8. The molecule has 1 aromatic rings. The highest BCUT2D eigenvalue weighted by Crippen LogP contribution is 2.30. The van der Waals surface area contributed by atoms with E-state index < -0.39 is 0 Å². The first-order valence-corrected chi connectivity index (χ1v) is 8.45. The molecule has 1 N–H and O–H groups in total. The summed E-state index contributed by atoms with van der Waals surface area (Å²) in [6, 6.07) is 0.762. The van der Waals surface area contributed by atoms with Gasteiger partial charge in [-0.1, -0.05) is 13.8 Å². The molecule has 5 heteroatoms. The van der Waals surface area contributed by atoms with Gasteiger partial charge in [-0.15, -0.1) is 0 Å². The van der Waals surface area contributed by atoms with Gasteiger partial charge in [-0.3, -0.25) is 4.68 Å². The predicted molar refractivity (Wildman–Crippen MR) is 88.8 cm³/mol. The monoisotopic (exact) mass is 306 g/mol. The fraction of sp³-hybridized carbons (Fsp3) is 0.765. The van der Waals surface area contributed by atoms with Crippen LogP contribution in [0.25, 0.3) is 0 Å². The number of aromatic nitrogens is 2. The van der Waals surface area contributed by atoms with Crippen molar-refractivity contribution in [3.63, 3.8) is 0 Å². The van der Waals surface area contributed by atoms with Gasteiger partial charge in [0.1, 0.15) is 0 Å². The number of nitrogens with zero attached hydrogens (tertiary/aromatic N) is 3. The Balaban J connectivity index is 2.04. The summed E-state index contributed by atoms with van der Waals surface area (Å²) >= 11 is 0. The number of hydrogen-bond donors (Lipinski definition) is 1. The molecular formula is C17H30N4O. The lowest BCUT2D eigenvalue weighted by molar-refractivity contribution is 0.156. The van der Waals surface area contributed by atoms with Crippen molar-refractivity contribution in [1.29, 1.82) is 0 Å². The van der Waals surface area contributed by atoms with Crippen LogP contribution in [0.2, 0.25) is 0 Å². The van der Waals surface area contributed by atoms with Crippen molar-refractivity contribution in [1.82, 2.24) is 20.0 Å². The van der Waals surface area contributed by atoms with Crippen LogP contribution >= 0.6 is 0 Å². The van der Waals surface area contributed by atoms with E-state index in [4.69, 9.17) is 0 Å². The van der Waals surface area contributed by atoms with E-state index in [1.807, 2.05) is 16.5 Å². The third kappa shape index (κ3) is 3.45. The van der Waals surface area contributed by atoms with E-state index in [-0.39, 0.29) is 12.1 Å². The Kier molecular flexibility index (Phi) is 5.14. The lowest BCUT2D eigenvalue weighted by Gasteiger charge is -2.32. The second-order valence-electron chi connectivity index (χ2n) is 6.75. The third-order valence-corrected chi connectivity index (χ3v) is 4.83. The van der Waals surface area contributed by atoms with Gasteiger partial charge in [0.05, 0.1) is 5.69 Å². The Morgan fingerprint density at radius 1 is 1.36 bits per heavy atom. The molecule has 2 amide bonds. The molecule has 1 saturated carbocycles. The van der Waals surface area contributed by atoms with E-state index in [1.54, 1.807) is 0 Å². The van der Waals surface area contributed by atoms with Crippen molar-refractivity contribution in [3.8, 4) is 0 Å². The van der Waals surface area contributed by atoms with Crippen molar-refractivity contribution >= 4 is 6.03 Å². The molecule has 1 atom stereocenters. The zero-order chi connectivity index (χ0) is 16.4. The highest BCUT2D eigenvalue weighted by molar-refractivity contribution is 5.75. The Labute approximate surface area is 134 Å². The molecule has 1 aliphatic carbocycles. The first kappa shape index (κ1) is 16.8. The van der Waals surface area contributed by atoms with E-state index in [0.29, 0.717) is 18.5 Å². The molecule has 0 spiro atoms. The molecule has 0 radical (unpaired) electrons. The Hall–Kier alpha value is -1.52. The summed E-state index contributed by atoms with van der Waals surface area (Å²) in [5.74, 6) is 0.470. The minimum absolute atomic E-state index is 0.0618. The lowest BCUT2D eigenvalue weighted by atomic mass is 10.0. The highest BCUT2D eigenvalue weighted by Gasteiger charge is 2.36. The molecular weight excluding hydrogens is 276 g/mol. The highest BCUT2D eigenvalue weighted by atomic mass is 16.2. The van der Waals surface area contributed by atoms with Crippen LogP contribution in [0.1, 0.15) is 57.5 Å². The number of amides is 2. The van der Waals surface area contributed by atoms with Gasteiger partial charge in [-0.2, -0.15) is 5.10 Å². The Bertz CT molecular complexity index is 531. The normalized spacial score (nSPS) is 16.0. The summed E-state index contributed by atoms with van der Waals surface area (Å²) in [5.41, 5.74) is 3.30. The van der Waals surface area contributed by atoms with Gasteiger partial charge in [0.2, 0.25) is 0 Å². The van der Waals surface area contributed by atoms with Gasteiger partial charge in [-0.05, 0) is 46.5 Å². The van der Waals surface area contributed by atoms with Crippen LogP contribution in [0, 0.1) is 19.8 Å². The minimum atomic E-state index is 0.0618. The van der Waals surface area contributed by atoms with E-state index in [2.05, 4.69) is 45.0 Å². The van der Waals surface area contributed by atoms with E-state index >= 15 is 0 Å². The predicted octanol–water partition coefficient (Wildman–Crippen LogP) is 3.24. The zero-order valence-electron chi connectivity index (χ0n) is 14.8. The fourth-order valence-electron chi connectivity index (χ4n) is 2.91. The van der Waals surface area contributed by atoms with Crippen LogP contribution in [0.4, 0.5) is 4.79 Å². The van der Waals surface area contributed by atoms with Gasteiger partial charge in [0.15, 0.2) is 0 Å². The molecule has 0 aliphatic heterocycles. The second-order valence-corrected chi connectivity index (χ2v) is 6.75. The van der Waals surface area contributed by atoms with Crippen LogP contribution in [0.5, 0.6) is 0 Å². The molecule has 124 valence electrons. The number of carbonyl (C=O) groups is 1. The fourth-order valence-corrected chi connectivity index (χ4v) is 2.91. The number of carbonyl (C=O) groups excluding carboxylic acids is 1. The van der Waals surface area contributed by atoms with Crippen LogP contribution in [0.15, 0.2) is 0 Å². The van der Waals surface area contributed by atoms with Gasteiger partial charge >= 0.3 is 6.03 Å². The van der Waals surface area contributed by atoms with E-state index in [1.165, 1.54) is 0 Å². The van der Waals surface area contributed by atoms with E-state index in [0.717, 1.165) is 36.3 Å². The summed E-state index contributed by atoms with van der Waals surface area (Å²) in [7, 11) is 0. The van der Waals surface area contributed by atoms with Crippen LogP contribution in [0.3, 0.4) is 0 Å². The second kappa shape index (κ2) is 6.71. The maximum atomic E-state index is 12.6. The average Bonchev–Trinajstić information content (AvgIpc) is 3.24. The van der Waals surface area contributed by atoms with Crippen molar-refractivity contribution in [3.05, 3.63) is 17.0 Å². The molecule has 22 heavy (non-hydrogen) atoms. The van der Waals surface area contributed by atoms with Crippen LogP contribution in [-0.2, 0) is 13.1 Å². The SMILES string of the molecule is CCn1nc(C)c(CNC(=O)N(C2CC2)C(C)C(C)C)c1C. The standard InChI is InChI=1S/C17H30N4O/c1-7-20-14(6)16(12(4)19-20)10-18-17(22)21(15-8-9-15)13(5)11(2)3/h11,13,15H,7-10H2,1-6H3,(H,18,22). The Morgan fingerprint density at radius 3 is 2.45 bits per heavy atom. The van der Waals surface area contributed by atoms with Crippen molar-refractivity contribution in [2.45, 2.75) is 79.6 Å². The number of aryl methyl sites for hydroxylation is 2. The maximum absolute atomic E-state index is 12.6. The summed E-state index contributed by atoms with van der Waals surface area (Å²) in [6.07, 6.45) is 2.27. The summed E-state index contributed by atoms with van der Waals surface area (Å²) in [5, 5.41) is 7.62. The topological polar surface area (TPSA) is 50.2 Å². The number of urea groups is 1. The number of hydrogen-bond acceptors (Lipinski definition) is 2. The molecule has 1 unspecified atom stereocenters. The van der Waals surface area contributed by atoms with Crippen molar-refractivity contribution < 1.29 is 4.79 Å². The minimum Gasteiger partial charge on any atom is -0.334 e. The smallest absolute Gasteiger partial charge is 0.318 e. The summed E-state index contributed by atoms with van der Waals surface area (Å²) in [4.78, 5) is 14.7. The third-order valence-electron chi connectivity index (χ3n) is 4.83. The molecule has 1 aliphatic rings. The molecule has 2 rings (SSSR count). The number of rotatable bonds is 6. The number of nitrogens with one attached hydrogen (secondary N) is 1. The maximum Gasteiger partial charge on any atom is 0.318 e. The van der Waals surface area contributed by atoms with Gasteiger partial charge < -0.3 is 10.2 Å². The summed E-state index contributed by atoms with van der Waals surface area (Å²) in [6.45, 7) is 14.1. The van der Waals surface area contributed by atoms with Gasteiger partial charge in [0, 0.05) is 36.4 Å². The lowest BCUT2D eigenvalue weighted by Crippen LogP contribution is -2.48. The molecule has 1 heterocycles. The molecule has 1 fully saturated rings. The molecule has 0 aromatic carbocycles.